The van der Waals surface area contributed by atoms with Gasteiger partial charge < -0.3 is 16.0 Å². The molecule has 3 rings (SSSR count). The Balaban J connectivity index is 1.89. The van der Waals surface area contributed by atoms with Crippen molar-refractivity contribution >= 4 is 33.8 Å². The van der Waals surface area contributed by atoms with Crippen LogP contribution >= 0.6 is 0 Å². The van der Waals surface area contributed by atoms with Gasteiger partial charge in [0.15, 0.2) is 0 Å². The molecule has 2 aromatic carbocycles. The Hall–Kier alpha value is -3.42. The van der Waals surface area contributed by atoms with Crippen LogP contribution in [0, 0.1) is 16.0 Å². The fraction of sp³-hybridized carbons (Fsp3) is 0.333. The Morgan fingerprint density at radius 1 is 1.07 bits per heavy atom. The molecule has 0 fully saturated rings. The summed E-state index contributed by atoms with van der Waals surface area (Å²) in [5.74, 6) is 1.10. The topological polar surface area (TPSA) is 105 Å². The van der Waals surface area contributed by atoms with Crippen LogP contribution in [0.25, 0.3) is 10.9 Å². The average Bonchev–Trinajstić information content (AvgIpc) is 2.70. The van der Waals surface area contributed by atoms with Gasteiger partial charge in [-0.2, -0.15) is 0 Å². The zero-order chi connectivity index (χ0) is 20.8. The van der Waals surface area contributed by atoms with Crippen LogP contribution in [0.3, 0.4) is 0 Å². The van der Waals surface area contributed by atoms with Gasteiger partial charge in [0.25, 0.3) is 5.69 Å². The molecule has 0 aliphatic carbocycles. The van der Waals surface area contributed by atoms with Crippen molar-refractivity contribution < 1.29 is 4.92 Å². The Kier molecular flexibility index (Phi) is 6.43. The van der Waals surface area contributed by atoms with Gasteiger partial charge in [0, 0.05) is 36.8 Å². The molecule has 0 spiro atoms. The molecule has 0 aliphatic rings. The number of hydrogen-bond acceptors (Lipinski definition) is 7. The van der Waals surface area contributed by atoms with E-state index in [-0.39, 0.29) is 10.6 Å². The molecule has 29 heavy (non-hydrogen) atoms. The molecule has 3 aromatic rings. The van der Waals surface area contributed by atoms with Gasteiger partial charge >= 0.3 is 0 Å². The normalized spacial score (nSPS) is 10.9. The molecule has 0 aliphatic heterocycles. The van der Waals surface area contributed by atoms with Gasteiger partial charge in [-0.15, -0.1) is 0 Å². The highest BCUT2D eigenvalue weighted by molar-refractivity contribution is 5.94. The molecule has 152 valence electrons. The SMILES string of the molecule is CCNc1cc2ncnc(NCc3ccccc3NCC(C)C)c2cc1[N+](=O)[O-]. The van der Waals surface area contributed by atoms with Crippen LogP contribution in [0.4, 0.5) is 22.9 Å². The number of anilines is 3. The first-order valence-electron chi connectivity index (χ1n) is 9.72. The lowest BCUT2D eigenvalue weighted by Gasteiger charge is -2.15. The number of nitro groups is 1. The standard InChI is InChI=1S/C21H26N6O2/c1-4-22-19-10-18-16(9-20(19)27(28)29)21(26-13-25-18)24-12-15-7-5-6-8-17(15)23-11-14(2)3/h5-10,13-14,22-23H,4,11-12H2,1-3H3,(H,24,25,26). The maximum Gasteiger partial charge on any atom is 0.293 e. The number of aromatic nitrogens is 2. The number of fused-ring (bicyclic) bond motifs is 1. The fourth-order valence-corrected chi connectivity index (χ4v) is 3.06. The van der Waals surface area contributed by atoms with Crippen LogP contribution in [0.2, 0.25) is 0 Å². The van der Waals surface area contributed by atoms with E-state index in [0.29, 0.717) is 41.4 Å². The highest BCUT2D eigenvalue weighted by Gasteiger charge is 2.17. The van der Waals surface area contributed by atoms with Crippen molar-refractivity contribution in [1.82, 2.24) is 9.97 Å². The second-order valence-electron chi connectivity index (χ2n) is 7.18. The molecule has 0 atom stereocenters. The Bertz CT molecular complexity index is 1010. The summed E-state index contributed by atoms with van der Waals surface area (Å²) < 4.78 is 0. The highest BCUT2D eigenvalue weighted by atomic mass is 16.6. The molecule has 8 nitrogen and oxygen atoms in total. The van der Waals surface area contributed by atoms with Crippen LogP contribution in [0.1, 0.15) is 26.3 Å². The molecule has 0 bridgehead atoms. The number of nitrogens with zero attached hydrogens (tertiary/aromatic N) is 3. The van der Waals surface area contributed by atoms with Crippen molar-refractivity contribution in [2.45, 2.75) is 27.3 Å². The monoisotopic (exact) mass is 394 g/mol. The van der Waals surface area contributed by atoms with Crippen molar-refractivity contribution in [3.05, 3.63) is 58.4 Å². The van der Waals surface area contributed by atoms with E-state index >= 15 is 0 Å². The van der Waals surface area contributed by atoms with Crippen molar-refractivity contribution in [2.75, 3.05) is 29.0 Å². The maximum absolute atomic E-state index is 11.5. The summed E-state index contributed by atoms with van der Waals surface area (Å²) in [5.41, 5.74) is 3.27. The van der Waals surface area contributed by atoms with E-state index in [9.17, 15) is 10.1 Å². The van der Waals surface area contributed by atoms with E-state index in [1.807, 2.05) is 31.2 Å². The summed E-state index contributed by atoms with van der Waals surface area (Å²) in [4.78, 5) is 19.7. The minimum Gasteiger partial charge on any atom is -0.385 e. The summed E-state index contributed by atoms with van der Waals surface area (Å²) in [6.07, 6.45) is 1.47. The van der Waals surface area contributed by atoms with Gasteiger partial charge in [-0.1, -0.05) is 32.0 Å². The molecule has 1 heterocycles. The first-order valence-corrected chi connectivity index (χ1v) is 9.72. The van der Waals surface area contributed by atoms with Crippen molar-refractivity contribution in [3.8, 4) is 0 Å². The molecule has 0 saturated carbocycles. The van der Waals surface area contributed by atoms with Crippen LogP contribution in [-0.4, -0.2) is 28.0 Å². The van der Waals surface area contributed by atoms with Gasteiger partial charge in [-0.25, -0.2) is 9.97 Å². The van der Waals surface area contributed by atoms with E-state index in [4.69, 9.17) is 0 Å². The lowest BCUT2D eigenvalue weighted by Crippen LogP contribution is -2.11. The number of rotatable bonds is 9. The number of para-hydroxylation sites is 1. The Morgan fingerprint density at radius 3 is 2.59 bits per heavy atom. The summed E-state index contributed by atoms with van der Waals surface area (Å²) in [5, 5.41) is 21.9. The van der Waals surface area contributed by atoms with Crippen molar-refractivity contribution in [1.29, 1.82) is 0 Å². The third-order valence-electron chi connectivity index (χ3n) is 4.48. The highest BCUT2D eigenvalue weighted by Crippen LogP contribution is 2.32. The zero-order valence-corrected chi connectivity index (χ0v) is 16.9. The summed E-state index contributed by atoms with van der Waals surface area (Å²) in [7, 11) is 0. The lowest BCUT2D eigenvalue weighted by atomic mass is 10.1. The van der Waals surface area contributed by atoms with Gasteiger partial charge in [-0.05, 0) is 30.5 Å². The van der Waals surface area contributed by atoms with Crippen molar-refractivity contribution in [3.63, 3.8) is 0 Å². The summed E-state index contributed by atoms with van der Waals surface area (Å²) in [6.45, 7) is 8.22. The minimum atomic E-state index is -0.390. The Labute approximate surface area is 169 Å². The van der Waals surface area contributed by atoms with Crippen LogP contribution in [-0.2, 0) is 6.54 Å². The molecular weight excluding hydrogens is 368 g/mol. The molecule has 0 radical (unpaired) electrons. The molecular formula is C21H26N6O2. The predicted octanol–water partition coefficient (Wildman–Crippen LogP) is 4.65. The molecule has 8 heteroatoms. The third-order valence-corrected chi connectivity index (χ3v) is 4.48. The third kappa shape index (κ3) is 4.90. The smallest absolute Gasteiger partial charge is 0.293 e. The first kappa shape index (κ1) is 20.3. The number of benzene rings is 2. The maximum atomic E-state index is 11.5. The summed E-state index contributed by atoms with van der Waals surface area (Å²) >= 11 is 0. The largest absolute Gasteiger partial charge is 0.385 e. The molecule has 1 aromatic heterocycles. The zero-order valence-electron chi connectivity index (χ0n) is 16.9. The van der Waals surface area contributed by atoms with E-state index in [1.165, 1.54) is 12.4 Å². The van der Waals surface area contributed by atoms with Gasteiger partial charge in [0.2, 0.25) is 0 Å². The number of hydrogen-bond donors (Lipinski definition) is 3. The minimum absolute atomic E-state index is 0.0104. The van der Waals surface area contributed by atoms with E-state index in [1.54, 1.807) is 6.07 Å². The van der Waals surface area contributed by atoms with Crippen LogP contribution < -0.4 is 16.0 Å². The van der Waals surface area contributed by atoms with Gasteiger partial charge in [0.05, 0.1) is 10.4 Å². The first-order chi connectivity index (χ1) is 14.0. The Morgan fingerprint density at radius 2 is 1.86 bits per heavy atom. The second kappa shape index (κ2) is 9.18. The van der Waals surface area contributed by atoms with E-state index in [0.717, 1.165) is 17.8 Å². The number of nitrogens with one attached hydrogen (secondary N) is 3. The number of nitro benzene ring substituents is 1. The van der Waals surface area contributed by atoms with Crippen LogP contribution in [0.15, 0.2) is 42.7 Å². The fourth-order valence-electron chi connectivity index (χ4n) is 3.06. The second-order valence-corrected chi connectivity index (χ2v) is 7.18. The van der Waals surface area contributed by atoms with Crippen molar-refractivity contribution in [2.24, 2.45) is 5.92 Å². The van der Waals surface area contributed by atoms with Gasteiger partial charge in [-0.3, -0.25) is 10.1 Å². The predicted molar refractivity (Wildman–Crippen MR) is 117 cm³/mol. The lowest BCUT2D eigenvalue weighted by molar-refractivity contribution is -0.383. The van der Waals surface area contributed by atoms with E-state index < -0.39 is 0 Å². The molecule has 0 unspecified atom stereocenters. The average molecular weight is 394 g/mol. The quantitative estimate of drug-likeness (QED) is 0.358. The molecule has 3 N–H and O–H groups in total. The molecule has 0 saturated heterocycles. The molecule has 0 amide bonds. The van der Waals surface area contributed by atoms with E-state index in [2.05, 4.69) is 39.8 Å². The summed E-state index contributed by atoms with van der Waals surface area (Å²) in [6, 6.07) is 11.3. The van der Waals surface area contributed by atoms with Crippen LogP contribution in [0.5, 0.6) is 0 Å². The van der Waals surface area contributed by atoms with Gasteiger partial charge in [0.1, 0.15) is 17.8 Å².